The Kier molecular flexibility index (Phi) is 7.62. The van der Waals surface area contributed by atoms with Crippen LogP contribution in [0.15, 0.2) is 23.3 Å². The number of rotatable bonds is 8. The number of nitrogens with one attached hydrogen (secondary N) is 2. The topological polar surface area (TPSA) is 271 Å². The molecule has 1 amide bonds. The van der Waals surface area contributed by atoms with E-state index < -0.39 is 67.6 Å². The molecule has 0 radical (unpaired) electrons. The maximum Gasteiger partial charge on any atom is 0.469 e. The van der Waals surface area contributed by atoms with Gasteiger partial charge in [-0.25, -0.2) is 19.2 Å². The molecule has 4 heterocycles. The van der Waals surface area contributed by atoms with Crippen LogP contribution in [0.5, 0.6) is 11.5 Å². The van der Waals surface area contributed by atoms with Gasteiger partial charge in [0, 0.05) is 0 Å². The summed E-state index contributed by atoms with van der Waals surface area (Å²) >= 11 is 0. The van der Waals surface area contributed by atoms with E-state index in [0.717, 1.165) is 6.07 Å². The number of imidazole rings is 1. The van der Waals surface area contributed by atoms with E-state index in [1.165, 1.54) is 35.5 Å². The van der Waals surface area contributed by atoms with Crippen LogP contribution in [0.25, 0.3) is 11.2 Å². The molecule has 0 spiro atoms. The molecule has 0 aliphatic carbocycles. The molecule has 1 aromatic carbocycles. The zero-order valence-corrected chi connectivity index (χ0v) is 22.5. The Morgan fingerprint density at radius 2 is 2.02 bits per heavy atom. The SMILES string of the molecule is CC(OC(=O)Nc1nc2c(c(=O)[nH]1)n(C)c[n+]2[C@@H]1O[C@H](COP(=O)(O)O)[C@@H](O)[C@H]1O)c1cc2c(cc1[N+](=O)[O-])OCO2. The Bertz CT molecular complexity index is 1670. The number of nitrogens with zero attached hydrogens (tertiary/aromatic N) is 4. The molecule has 226 valence electrons. The number of phosphoric acid groups is 1. The number of ether oxygens (including phenoxy) is 4. The van der Waals surface area contributed by atoms with Gasteiger partial charge in [-0.05, 0) is 13.0 Å². The summed E-state index contributed by atoms with van der Waals surface area (Å²) < 4.78 is 39.1. The van der Waals surface area contributed by atoms with Gasteiger partial charge < -0.3 is 38.9 Å². The van der Waals surface area contributed by atoms with Gasteiger partial charge in [0.15, 0.2) is 17.8 Å². The molecule has 0 bridgehead atoms. The second-order valence-electron chi connectivity index (χ2n) is 9.25. The van der Waals surface area contributed by atoms with Gasteiger partial charge in [-0.15, -0.1) is 0 Å². The van der Waals surface area contributed by atoms with Crippen molar-refractivity contribution in [3.05, 3.63) is 44.5 Å². The van der Waals surface area contributed by atoms with Crippen molar-refractivity contribution in [1.82, 2.24) is 14.5 Å². The number of benzene rings is 1. The Hall–Kier alpha value is -4.17. The number of amides is 1. The van der Waals surface area contributed by atoms with Crippen LogP contribution >= 0.6 is 7.82 Å². The van der Waals surface area contributed by atoms with E-state index in [2.05, 4.69) is 19.8 Å². The van der Waals surface area contributed by atoms with Crippen LogP contribution in [-0.4, -0.2) is 77.3 Å². The van der Waals surface area contributed by atoms with E-state index in [4.69, 9.17) is 28.7 Å². The summed E-state index contributed by atoms with van der Waals surface area (Å²) in [7, 11) is -3.42. The molecular weight excluding hydrogens is 591 g/mol. The third kappa shape index (κ3) is 5.63. The van der Waals surface area contributed by atoms with Gasteiger partial charge in [-0.2, -0.15) is 0 Å². The quantitative estimate of drug-likeness (QED) is 0.0785. The van der Waals surface area contributed by atoms with Crippen molar-refractivity contribution in [2.75, 3.05) is 18.7 Å². The maximum absolute atomic E-state index is 12.8. The molecule has 2 aliphatic rings. The lowest BCUT2D eigenvalue weighted by Crippen LogP contribution is -2.46. The van der Waals surface area contributed by atoms with Crippen LogP contribution < -0.4 is 24.9 Å². The summed E-state index contributed by atoms with van der Waals surface area (Å²) in [6.07, 6.45) is -6.98. The summed E-state index contributed by atoms with van der Waals surface area (Å²) in [6.45, 7) is 0.498. The molecule has 5 atom stereocenters. The summed E-state index contributed by atoms with van der Waals surface area (Å²) in [6, 6.07) is 2.47. The minimum absolute atomic E-state index is 0.0143. The molecule has 3 aromatic rings. The molecule has 1 saturated heterocycles. The molecule has 1 unspecified atom stereocenters. The van der Waals surface area contributed by atoms with Crippen molar-refractivity contribution in [3.8, 4) is 11.5 Å². The normalized spacial score (nSPS) is 22.3. The molecule has 21 heteroatoms. The van der Waals surface area contributed by atoms with Gasteiger partial charge in [-0.3, -0.25) is 29.0 Å². The molecule has 6 N–H and O–H groups in total. The van der Waals surface area contributed by atoms with E-state index in [1.807, 2.05) is 0 Å². The predicted molar refractivity (Wildman–Crippen MR) is 133 cm³/mol. The van der Waals surface area contributed by atoms with Gasteiger partial charge in [0.05, 0.1) is 30.2 Å². The third-order valence-corrected chi connectivity index (χ3v) is 6.94. The largest absolute Gasteiger partial charge is 0.469 e. The first-order chi connectivity index (χ1) is 19.7. The second kappa shape index (κ2) is 10.9. The van der Waals surface area contributed by atoms with E-state index in [0.29, 0.717) is 0 Å². The average molecular weight is 615 g/mol. The first-order valence-electron chi connectivity index (χ1n) is 12.0. The number of carbonyl (C=O) groups excluding carboxylic acids is 1. The number of nitro benzene ring substituents is 1. The number of anilines is 1. The monoisotopic (exact) mass is 615 g/mol. The van der Waals surface area contributed by atoms with Crippen LogP contribution in [-0.2, 0) is 25.6 Å². The van der Waals surface area contributed by atoms with Gasteiger partial charge in [0.25, 0.3) is 17.2 Å². The number of aliphatic hydroxyl groups excluding tert-OH is 2. The molecule has 1 fully saturated rings. The molecular formula is C21H24N6O14P+. The summed E-state index contributed by atoms with van der Waals surface area (Å²) in [5, 5.41) is 34.7. The van der Waals surface area contributed by atoms with E-state index in [9.17, 15) is 34.5 Å². The van der Waals surface area contributed by atoms with E-state index >= 15 is 0 Å². The highest BCUT2D eigenvalue weighted by Crippen LogP contribution is 2.41. The van der Waals surface area contributed by atoms with Crippen LogP contribution in [0.1, 0.15) is 24.8 Å². The highest BCUT2D eigenvalue weighted by atomic mass is 31.2. The van der Waals surface area contributed by atoms with Crippen molar-refractivity contribution in [3.63, 3.8) is 0 Å². The number of aliphatic hydroxyl groups is 2. The molecule has 0 saturated carbocycles. The Labute approximate surface area is 233 Å². The number of nitro groups is 1. The van der Waals surface area contributed by atoms with Crippen LogP contribution in [0.3, 0.4) is 0 Å². The van der Waals surface area contributed by atoms with Crippen molar-refractivity contribution in [2.24, 2.45) is 7.05 Å². The number of hydrogen-bond donors (Lipinski definition) is 6. The number of aromatic amines is 1. The van der Waals surface area contributed by atoms with Gasteiger partial charge in [-0.1, -0.05) is 4.98 Å². The van der Waals surface area contributed by atoms with Crippen molar-refractivity contribution in [1.29, 1.82) is 0 Å². The highest BCUT2D eigenvalue weighted by Gasteiger charge is 2.47. The van der Waals surface area contributed by atoms with Crippen LogP contribution in [0, 0.1) is 10.1 Å². The average Bonchev–Trinajstić information content (AvgIpc) is 3.57. The standard InChI is InChI=1S/C21H23N6O14P/c1-8(9-3-11-12(38-7-37-11)4-10(9)27(32)33)40-21(31)24-20-22-17-14(18(30)23-20)25(2)6-26(17)19-16(29)15(28)13(41-19)5-39-42(34,35)36/h3-4,6,8,13,15-16,19,28-29H,5,7H2,1-2H3,(H3-,22,23,24,30,31,34,35,36)/p+1/t8?,13-,15-,16-,19-/m1/s1. The van der Waals surface area contributed by atoms with Gasteiger partial charge >= 0.3 is 19.6 Å². The molecule has 20 nitrogen and oxygen atoms in total. The fourth-order valence-corrected chi connectivity index (χ4v) is 4.89. The number of fused-ring (bicyclic) bond motifs is 2. The summed E-state index contributed by atoms with van der Waals surface area (Å²) in [5.41, 5.74) is -1.24. The Morgan fingerprint density at radius 3 is 2.69 bits per heavy atom. The predicted octanol–water partition coefficient (Wildman–Crippen LogP) is -0.776. The van der Waals surface area contributed by atoms with Gasteiger partial charge in [0.1, 0.15) is 24.4 Å². The van der Waals surface area contributed by atoms with Crippen LogP contribution in [0.4, 0.5) is 16.4 Å². The first-order valence-corrected chi connectivity index (χ1v) is 13.5. The third-order valence-electron chi connectivity index (χ3n) is 6.45. The summed E-state index contributed by atoms with van der Waals surface area (Å²) in [5.74, 6) is -0.00868. The number of carbonyl (C=O) groups is 1. The molecule has 2 aromatic heterocycles. The van der Waals surface area contributed by atoms with Crippen molar-refractivity contribution < 1.29 is 62.3 Å². The second-order valence-corrected chi connectivity index (χ2v) is 10.5. The fourth-order valence-electron chi connectivity index (χ4n) is 4.55. The molecule has 2 aliphatic heterocycles. The number of aromatic nitrogens is 4. The minimum atomic E-state index is -4.90. The molecule has 5 rings (SSSR count). The van der Waals surface area contributed by atoms with Gasteiger partial charge in [0.2, 0.25) is 18.5 Å². The highest BCUT2D eigenvalue weighted by molar-refractivity contribution is 7.46. The smallest absolute Gasteiger partial charge is 0.454 e. The maximum atomic E-state index is 12.8. The first kappa shape index (κ1) is 29.3. The number of hydrogen-bond acceptors (Lipinski definition) is 13. The zero-order chi connectivity index (χ0) is 30.5. The molecule has 42 heavy (non-hydrogen) atoms. The zero-order valence-electron chi connectivity index (χ0n) is 21.6. The summed E-state index contributed by atoms with van der Waals surface area (Å²) in [4.78, 5) is 60.8. The Morgan fingerprint density at radius 1 is 1.33 bits per heavy atom. The lowest BCUT2D eigenvalue weighted by atomic mass is 10.1. The van der Waals surface area contributed by atoms with Crippen LogP contribution in [0.2, 0.25) is 0 Å². The number of aryl methyl sites for hydroxylation is 1. The number of H-pyrrole nitrogens is 1. The van der Waals surface area contributed by atoms with E-state index in [1.54, 1.807) is 0 Å². The number of phosphoric ester groups is 1. The minimum Gasteiger partial charge on any atom is -0.454 e. The Balaban J connectivity index is 1.37. The van der Waals surface area contributed by atoms with Crippen molar-refractivity contribution >= 4 is 36.7 Å². The fraction of sp³-hybridized carbons (Fsp3) is 0.429. The van der Waals surface area contributed by atoms with E-state index in [-0.39, 0.29) is 40.7 Å². The lowest BCUT2D eigenvalue weighted by molar-refractivity contribution is -0.745. The van der Waals surface area contributed by atoms with Crippen molar-refractivity contribution in [2.45, 2.75) is 37.6 Å². The lowest BCUT2D eigenvalue weighted by Gasteiger charge is -2.14.